The summed E-state index contributed by atoms with van der Waals surface area (Å²) in [4.78, 5) is 14.9. The molecule has 0 fully saturated rings. The Balaban J connectivity index is 2.53. The van der Waals surface area contributed by atoms with Gasteiger partial charge in [0.1, 0.15) is 5.69 Å². The SMILES string of the molecule is O=C(NCCCl)c1csc(Cl)n1. The van der Waals surface area contributed by atoms with E-state index in [1.54, 1.807) is 5.38 Å². The lowest BCUT2D eigenvalue weighted by Gasteiger charge is -1.97. The van der Waals surface area contributed by atoms with Crippen molar-refractivity contribution in [3.63, 3.8) is 0 Å². The predicted molar refractivity (Wildman–Crippen MR) is 50.2 cm³/mol. The number of halogens is 2. The minimum Gasteiger partial charge on any atom is -0.349 e. The van der Waals surface area contributed by atoms with Gasteiger partial charge in [-0.15, -0.1) is 22.9 Å². The Hall–Kier alpha value is -0.320. The molecule has 1 aromatic rings. The van der Waals surface area contributed by atoms with Crippen molar-refractivity contribution in [2.75, 3.05) is 12.4 Å². The molecule has 0 spiro atoms. The third kappa shape index (κ3) is 2.62. The van der Waals surface area contributed by atoms with Crippen molar-refractivity contribution in [2.45, 2.75) is 0 Å². The van der Waals surface area contributed by atoms with Crippen molar-refractivity contribution < 1.29 is 4.79 Å². The fourth-order valence-electron chi connectivity index (χ4n) is 0.607. The van der Waals surface area contributed by atoms with Gasteiger partial charge in [0.2, 0.25) is 0 Å². The van der Waals surface area contributed by atoms with Crippen LogP contribution in [0.4, 0.5) is 0 Å². The van der Waals surface area contributed by atoms with Gasteiger partial charge in [-0.3, -0.25) is 4.79 Å². The van der Waals surface area contributed by atoms with Gasteiger partial charge in [-0.25, -0.2) is 4.98 Å². The largest absolute Gasteiger partial charge is 0.349 e. The Morgan fingerprint density at radius 3 is 3.00 bits per heavy atom. The molecule has 0 aromatic carbocycles. The summed E-state index contributed by atoms with van der Waals surface area (Å²) < 4.78 is 0.367. The topological polar surface area (TPSA) is 42.0 Å². The second-order valence-corrected chi connectivity index (χ2v) is 3.75. The van der Waals surface area contributed by atoms with E-state index in [1.807, 2.05) is 0 Å². The Morgan fingerprint density at radius 2 is 2.50 bits per heavy atom. The molecule has 6 heteroatoms. The average Bonchev–Trinajstić information content (AvgIpc) is 2.47. The van der Waals surface area contributed by atoms with E-state index in [0.29, 0.717) is 22.6 Å². The summed E-state index contributed by atoms with van der Waals surface area (Å²) >= 11 is 12.1. The van der Waals surface area contributed by atoms with Gasteiger partial charge in [-0.05, 0) is 0 Å². The van der Waals surface area contributed by atoms with Crippen molar-refractivity contribution in [3.05, 3.63) is 15.5 Å². The highest BCUT2D eigenvalue weighted by Gasteiger charge is 2.07. The van der Waals surface area contributed by atoms with Crippen LogP contribution < -0.4 is 5.32 Å². The van der Waals surface area contributed by atoms with E-state index in [4.69, 9.17) is 23.2 Å². The van der Waals surface area contributed by atoms with E-state index in [-0.39, 0.29) is 5.91 Å². The number of carbonyl (C=O) groups excluding carboxylic acids is 1. The number of nitrogens with one attached hydrogen (secondary N) is 1. The summed E-state index contributed by atoms with van der Waals surface area (Å²) in [5, 5.41) is 4.18. The first-order valence-electron chi connectivity index (χ1n) is 3.19. The molecule has 0 aliphatic rings. The van der Waals surface area contributed by atoms with E-state index in [9.17, 15) is 4.79 Å². The van der Waals surface area contributed by atoms with Gasteiger partial charge in [0.25, 0.3) is 5.91 Å². The predicted octanol–water partition coefficient (Wildman–Crippen LogP) is 1.77. The van der Waals surface area contributed by atoms with Gasteiger partial charge in [0, 0.05) is 17.8 Å². The highest BCUT2D eigenvalue weighted by molar-refractivity contribution is 7.14. The van der Waals surface area contributed by atoms with Crippen LogP contribution in [0.5, 0.6) is 0 Å². The van der Waals surface area contributed by atoms with E-state index in [1.165, 1.54) is 11.3 Å². The van der Waals surface area contributed by atoms with Crippen molar-refractivity contribution in [1.82, 2.24) is 10.3 Å². The lowest BCUT2D eigenvalue weighted by atomic mass is 10.4. The lowest BCUT2D eigenvalue weighted by molar-refractivity contribution is 0.0952. The molecular formula is C6H6Cl2N2OS. The van der Waals surface area contributed by atoms with Crippen molar-refractivity contribution >= 4 is 40.4 Å². The van der Waals surface area contributed by atoms with E-state index < -0.39 is 0 Å². The Kier molecular flexibility index (Phi) is 3.78. The van der Waals surface area contributed by atoms with Crippen LogP contribution in [0.2, 0.25) is 4.47 Å². The second kappa shape index (κ2) is 4.64. The third-order valence-electron chi connectivity index (χ3n) is 1.09. The van der Waals surface area contributed by atoms with Crippen LogP contribution in [-0.4, -0.2) is 23.3 Å². The van der Waals surface area contributed by atoms with Crippen LogP contribution in [-0.2, 0) is 0 Å². The van der Waals surface area contributed by atoms with Gasteiger partial charge in [0.05, 0.1) is 0 Å². The van der Waals surface area contributed by atoms with Gasteiger partial charge < -0.3 is 5.32 Å². The van der Waals surface area contributed by atoms with Gasteiger partial charge in [-0.1, -0.05) is 11.6 Å². The van der Waals surface area contributed by atoms with Gasteiger partial charge >= 0.3 is 0 Å². The Morgan fingerprint density at radius 1 is 1.75 bits per heavy atom. The number of nitrogens with zero attached hydrogens (tertiary/aromatic N) is 1. The molecule has 0 aliphatic heterocycles. The number of hydrogen-bond donors (Lipinski definition) is 1. The number of alkyl halides is 1. The lowest BCUT2D eigenvalue weighted by Crippen LogP contribution is -2.25. The highest BCUT2D eigenvalue weighted by atomic mass is 35.5. The summed E-state index contributed by atoms with van der Waals surface area (Å²) in [5.41, 5.74) is 0.343. The number of carbonyl (C=O) groups is 1. The first kappa shape index (κ1) is 9.77. The molecule has 1 aromatic heterocycles. The first-order valence-corrected chi connectivity index (χ1v) is 4.98. The van der Waals surface area contributed by atoms with Crippen molar-refractivity contribution in [2.24, 2.45) is 0 Å². The monoisotopic (exact) mass is 224 g/mol. The van der Waals surface area contributed by atoms with Crippen LogP contribution in [0.25, 0.3) is 0 Å². The van der Waals surface area contributed by atoms with Crippen molar-refractivity contribution in [3.8, 4) is 0 Å². The van der Waals surface area contributed by atoms with Crippen molar-refractivity contribution in [1.29, 1.82) is 0 Å². The molecule has 1 amide bonds. The van der Waals surface area contributed by atoms with Crippen LogP contribution in [0.3, 0.4) is 0 Å². The molecule has 0 saturated heterocycles. The summed E-state index contributed by atoms with van der Waals surface area (Å²) in [5.74, 6) is 0.155. The molecule has 3 nitrogen and oxygen atoms in total. The fraction of sp³-hybridized carbons (Fsp3) is 0.333. The van der Waals surface area contributed by atoms with Crippen LogP contribution in [0.15, 0.2) is 5.38 Å². The van der Waals surface area contributed by atoms with Crippen LogP contribution >= 0.6 is 34.5 Å². The number of aromatic nitrogens is 1. The second-order valence-electron chi connectivity index (χ2n) is 1.93. The molecule has 0 unspecified atom stereocenters. The highest BCUT2D eigenvalue weighted by Crippen LogP contribution is 2.14. The average molecular weight is 225 g/mol. The van der Waals surface area contributed by atoms with Crippen LogP contribution in [0.1, 0.15) is 10.5 Å². The number of hydrogen-bond acceptors (Lipinski definition) is 3. The minimum atomic E-state index is -0.237. The van der Waals surface area contributed by atoms with E-state index in [2.05, 4.69) is 10.3 Å². The van der Waals surface area contributed by atoms with Crippen LogP contribution in [0, 0.1) is 0 Å². The number of amides is 1. The molecule has 1 heterocycles. The maximum Gasteiger partial charge on any atom is 0.270 e. The zero-order chi connectivity index (χ0) is 8.97. The summed E-state index contributed by atoms with van der Waals surface area (Å²) in [6.07, 6.45) is 0. The first-order chi connectivity index (χ1) is 5.74. The Bertz CT molecular complexity index is 276. The molecule has 12 heavy (non-hydrogen) atoms. The fourth-order valence-corrected chi connectivity index (χ4v) is 1.45. The summed E-state index contributed by atoms with van der Waals surface area (Å²) in [6, 6.07) is 0. The summed E-state index contributed by atoms with van der Waals surface area (Å²) in [7, 11) is 0. The standard InChI is InChI=1S/C6H6Cl2N2OS/c7-1-2-9-5(11)4-3-12-6(8)10-4/h3H,1-2H2,(H,9,11). The number of thiazole rings is 1. The van der Waals surface area contributed by atoms with E-state index >= 15 is 0 Å². The molecule has 66 valence electrons. The smallest absolute Gasteiger partial charge is 0.270 e. The van der Waals surface area contributed by atoms with Gasteiger partial charge in [-0.2, -0.15) is 0 Å². The normalized spacial score (nSPS) is 9.83. The molecule has 1 N–H and O–H groups in total. The van der Waals surface area contributed by atoms with Gasteiger partial charge in [0.15, 0.2) is 4.47 Å². The summed E-state index contributed by atoms with van der Waals surface area (Å²) in [6.45, 7) is 0.440. The molecular weight excluding hydrogens is 219 g/mol. The molecule has 0 radical (unpaired) electrons. The quantitative estimate of drug-likeness (QED) is 0.796. The maximum atomic E-state index is 11.1. The zero-order valence-electron chi connectivity index (χ0n) is 6.01. The number of rotatable bonds is 3. The zero-order valence-corrected chi connectivity index (χ0v) is 8.34. The molecule has 0 aliphatic carbocycles. The molecule has 1 rings (SSSR count). The van der Waals surface area contributed by atoms with E-state index in [0.717, 1.165) is 0 Å². The Labute approximate surface area is 83.7 Å². The molecule has 0 bridgehead atoms. The molecule has 0 saturated carbocycles. The maximum absolute atomic E-state index is 11.1. The third-order valence-corrected chi connectivity index (χ3v) is 2.26. The molecule has 0 atom stereocenters. The minimum absolute atomic E-state index is 0.237.